The fourth-order valence-corrected chi connectivity index (χ4v) is 3.85. The van der Waals surface area contributed by atoms with Gasteiger partial charge in [-0.2, -0.15) is 0 Å². The van der Waals surface area contributed by atoms with E-state index in [1.165, 1.54) is 17.5 Å². The van der Waals surface area contributed by atoms with Gasteiger partial charge in [0.15, 0.2) is 5.82 Å². The van der Waals surface area contributed by atoms with Crippen molar-refractivity contribution in [2.75, 3.05) is 23.8 Å². The van der Waals surface area contributed by atoms with Crippen molar-refractivity contribution in [3.05, 3.63) is 64.5 Å². The van der Waals surface area contributed by atoms with E-state index >= 15 is 0 Å². The summed E-state index contributed by atoms with van der Waals surface area (Å²) >= 11 is 1.51. The number of hydrogen-bond acceptors (Lipinski definition) is 7. The highest BCUT2D eigenvalue weighted by Gasteiger charge is 2.28. The maximum Gasteiger partial charge on any atom is 0.255 e. The summed E-state index contributed by atoms with van der Waals surface area (Å²) in [4.78, 5) is 41.8. The summed E-state index contributed by atoms with van der Waals surface area (Å²) in [6, 6.07) is 7.12. The number of nitrogens with zero attached hydrogens (tertiary/aromatic N) is 5. The number of hydrogen-bond donors (Lipinski definition) is 1. The van der Waals surface area contributed by atoms with Gasteiger partial charge in [0, 0.05) is 31.0 Å². The van der Waals surface area contributed by atoms with Crippen LogP contribution >= 0.6 is 11.3 Å². The summed E-state index contributed by atoms with van der Waals surface area (Å²) in [6.07, 6.45) is 4.95. The second-order valence-electron chi connectivity index (χ2n) is 6.71. The number of thiazole rings is 1. The minimum Gasteiger partial charge on any atom is -0.359 e. The van der Waals surface area contributed by atoms with E-state index in [9.17, 15) is 9.59 Å². The zero-order valence-electron chi connectivity index (χ0n) is 16.1. The maximum atomic E-state index is 13.0. The topological polar surface area (TPSA) is 91.3 Å². The van der Waals surface area contributed by atoms with Crippen LogP contribution in [0.25, 0.3) is 0 Å². The summed E-state index contributed by atoms with van der Waals surface area (Å²) in [5.41, 5.74) is 1.75. The molecule has 1 atom stereocenters. The summed E-state index contributed by atoms with van der Waals surface area (Å²) in [6.45, 7) is 2.40. The second kappa shape index (κ2) is 7.96. The summed E-state index contributed by atoms with van der Waals surface area (Å²) in [7, 11) is 1.74. The molecule has 4 heterocycles. The van der Waals surface area contributed by atoms with Crippen LogP contribution in [0.15, 0.2) is 48.2 Å². The molecule has 1 unspecified atom stereocenters. The molecule has 0 spiro atoms. The summed E-state index contributed by atoms with van der Waals surface area (Å²) in [5, 5.41) is 5.76. The smallest absolute Gasteiger partial charge is 0.255 e. The first-order valence-electron chi connectivity index (χ1n) is 9.15. The number of pyridine rings is 2. The minimum atomic E-state index is -0.182. The molecule has 0 bridgehead atoms. The average molecular weight is 408 g/mol. The number of aromatic nitrogens is 3. The zero-order valence-corrected chi connectivity index (χ0v) is 16.9. The van der Waals surface area contributed by atoms with E-state index in [4.69, 9.17) is 0 Å². The predicted molar refractivity (Wildman–Crippen MR) is 111 cm³/mol. The van der Waals surface area contributed by atoms with Gasteiger partial charge in [-0.15, -0.1) is 11.3 Å². The highest BCUT2D eigenvalue weighted by Crippen LogP contribution is 2.31. The normalized spacial score (nSPS) is 14.1. The molecule has 8 nitrogen and oxygen atoms in total. The van der Waals surface area contributed by atoms with E-state index in [0.29, 0.717) is 23.6 Å². The Morgan fingerprint density at radius 3 is 2.90 bits per heavy atom. The average Bonchev–Trinajstić information content (AvgIpc) is 3.29. The molecular weight excluding hydrogens is 388 g/mol. The van der Waals surface area contributed by atoms with Crippen LogP contribution < -0.4 is 10.2 Å². The first-order valence-corrected chi connectivity index (χ1v) is 10.0. The summed E-state index contributed by atoms with van der Waals surface area (Å²) in [5.74, 6) is 0.297. The Morgan fingerprint density at radius 1 is 1.31 bits per heavy atom. The van der Waals surface area contributed by atoms with Gasteiger partial charge in [0.2, 0.25) is 5.91 Å². The van der Waals surface area contributed by atoms with E-state index in [-0.39, 0.29) is 24.4 Å². The maximum absolute atomic E-state index is 13.0. The number of anilines is 2. The van der Waals surface area contributed by atoms with Gasteiger partial charge in [-0.05, 0) is 25.1 Å². The van der Waals surface area contributed by atoms with Crippen LogP contribution in [0.2, 0.25) is 0 Å². The molecule has 4 rings (SSSR count). The highest BCUT2D eigenvalue weighted by atomic mass is 32.1. The van der Waals surface area contributed by atoms with Gasteiger partial charge in [-0.1, -0.05) is 6.07 Å². The number of fused-ring (bicyclic) bond motifs is 1. The largest absolute Gasteiger partial charge is 0.359 e. The van der Waals surface area contributed by atoms with Gasteiger partial charge in [0.1, 0.15) is 5.01 Å². The number of carbonyl (C=O) groups is 2. The molecule has 0 saturated heterocycles. The Labute approximate surface area is 172 Å². The van der Waals surface area contributed by atoms with Crippen LogP contribution in [0.5, 0.6) is 0 Å². The van der Waals surface area contributed by atoms with Crippen LogP contribution in [0.1, 0.15) is 34.0 Å². The molecule has 148 valence electrons. The van der Waals surface area contributed by atoms with Crippen molar-refractivity contribution in [2.45, 2.75) is 19.5 Å². The number of carbonyl (C=O) groups excluding carboxylic acids is 2. The van der Waals surface area contributed by atoms with E-state index in [1.54, 1.807) is 35.3 Å². The standard InChI is InChI=1S/C20H20N6O2S/c1-13(19-22-7-8-29-19)25(2)20(28)14-9-16-18(23-10-14)24-11-17(27)26(16)12-15-5-3-4-6-21-15/h3-10,13H,11-12H2,1-2H3,(H,23,24). The lowest BCUT2D eigenvalue weighted by atomic mass is 10.1. The molecule has 0 saturated carbocycles. The van der Waals surface area contributed by atoms with E-state index in [1.807, 2.05) is 30.5 Å². The monoisotopic (exact) mass is 408 g/mol. The third kappa shape index (κ3) is 3.81. The molecule has 9 heteroatoms. The molecule has 0 fully saturated rings. The van der Waals surface area contributed by atoms with Crippen LogP contribution in [0.4, 0.5) is 11.5 Å². The molecule has 0 radical (unpaired) electrons. The van der Waals surface area contributed by atoms with Crippen molar-refractivity contribution in [2.24, 2.45) is 0 Å². The Balaban J connectivity index is 1.62. The third-order valence-electron chi connectivity index (χ3n) is 4.87. The van der Waals surface area contributed by atoms with Crippen molar-refractivity contribution in [1.29, 1.82) is 0 Å². The quantitative estimate of drug-likeness (QED) is 0.698. The van der Waals surface area contributed by atoms with Crippen molar-refractivity contribution in [3.63, 3.8) is 0 Å². The van der Waals surface area contributed by atoms with Crippen molar-refractivity contribution < 1.29 is 9.59 Å². The molecular formula is C20H20N6O2S. The summed E-state index contributed by atoms with van der Waals surface area (Å²) < 4.78 is 0. The van der Waals surface area contributed by atoms with E-state index in [0.717, 1.165) is 10.7 Å². The van der Waals surface area contributed by atoms with Crippen molar-refractivity contribution in [1.82, 2.24) is 19.9 Å². The second-order valence-corrected chi connectivity index (χ2v) is 7.63. The minimum absolute atomic E-state index is 0.0981. The van der Waals surface area contributed by atoms with Crippen molar-refractivity contribution in [3.8, 4) is 0 Å². The molecule has 1 aliphatic heterocycles. The van der Waals surface area contributed by atoms with Gasteiger partial charge < -0.3 is 15.1 Å². The molecule has 3 aromatic rings. The molecule has 1 aliphatic rings. The first kappa shape index (κ1) is 19.0. The lowest BCUT2D eigenvalue weighted by Crippen LogP contribution is -2.40. The van der Waals surface area contributed by atoms with Gasteiger partial charge in [0.25, 0.3) is 5.91 Å². The van der Waals surface area contributed by atoms with E-state index < -0.39 is 0 Å². The highest BCUT2D eigenvalue weighted by molar-refractivity contribution is 7.09. The number of amides is 2. The SMILES string of the molecule is CC(c1nccs1)N(C)C(=O)c1cnc2c(c1)N(Cc1ccccn1)C(=O)CN2. The van der Waals surface area contributed by atoms with Crippen molar-refractivity contribution >= 4 is 34.7 Å². The van der Waals surface area contributed by atoms with Crippen LogP contribution in [-0.4, -0.2) is 45.3 Å². The van der Waals surface area contributed by atoms with E-state index in [2.05, 4.69) is 20.3 Å². The van der Waals surface area contributed by atoms with Crippen LogP contribution in [0, 0.1) is 0 Å². The first-order chi connectivity index (χ1) is 14.0. The Morgan fingerprint density at radius 2 is 2.17 bits per heavy atom. The molecule has 1 N–H and O–H groups in total. The zero-order chi connectivity index (χ0) is 20.4. The number of rotatable bonds is 5. The Bertz CT molecular complexity index is 1020. The lowest BCUT2D eigenvalue weighted by molar-refractivity contribution is -0.117. The predicted octanol–water partition coefficient (Wildman–Crippen LogP) is 2.72. The fourth-order valence-electron chi connectivity index (χ4n) is 3.11. The third-order valence-corrected chi connectivity index (χ3v) is 5.82. The van der Waals surface area contributed by atoms with Gasteiger partial charge in [-0.3, -0.25) is 14.6 Å². The Kier molecular flexibility index (Phi) is 5.22. The fraction of sp³-hybridized carbons (Fsp3) is 0.250. The van der Waals surface area contributed by atoms with Gasteiger partial charge in [-0.25, -0.2) is 9.97 Å². The Hall–Kier alpha value is -3.33. The molecule has 29 heavy (non-hydrogen) atoms. The molecule has 0 aromatic carbocycles. The van der Waals surface area contributed by atoms with Gasteiger partial charge in [0.05, 0.1) is 36.1 Å². The van der Waals surface area contributed by atoms with Gasteiger partial charge >= 0.3 is 0 Å². The molecule has 0 aliphatic carbocycles. The van der Waals surface area contributed by atoms with Crippen LogP contribution in [-0.2, 0) is 11.3 Å². The molecule has 2 amide bonds. The lowest BCUT2D eigenvalue weighted by Gasteiger charge is -2.30. The number of nitrogens with one attached hydrogen (secondary N) is 1. The van der Waals surface area contributed by atoms with Crippen LogP contribution in [0.3, 0.4) is 0 Å². The molecule has 3 aromatic heterocycles.